The number of carboxylic acid groups (broad SMARTS) is 1. The predicted octanol–water partition coefficient (Wildman–Crippen LogP) is 0.203. The zero-order valence-electron chi connectivity index (χ0n) is 13.5. The van der Waals surface area contributed by atoms with Crippen LogP contribution in [0.15, 0.2) is 29.2 Å². The number of rotatable bonds is 5. The number of aliphatic hydroxyl groups excluding tert-OH is 1. The Labute approximate surface area is 149 Å². The van der Waals surface area contributed by atoms with Crippen LogP contribution in [0.3, 0.4) is 0 Å². The third kappa shape index (κ3) is 4.31. The normalized spacial score (nSPS) is 23.5. The lowest BCUT2D eigenvalue weighted by Gasteiger charge is -2.33. The second-order valence-corrected chi connectivity index (χ2v) is 6.86. The van der Waals surface area contributed by atoms with Gasteiger partial charge >= 0.3 is 5.97 Å². The first kappa shape index (κ1) is 18.2. The number of hydrogen-bond donors (Lipinski definition) is 2. The number of nitrogens with zero attached hydrogens (tertiary/aromatic N) is 2. The maximum absolute atomic E-state index is 12.4. The van der Waals surface area contributed by atoms with Crippen molar-refractivity contribution >= 4 is 29.5 Å². The second-order valence-electron chi connectivity index (χ2n) is 5.69. The molecule has 2 saturated heterocycles. The molecule has 0 radical (unpaired) electrons. The molecule has 2 atom stereocenters. The van der Waals surface area contributed by atoms with E-state index in [1.807, 2.05) is 24.3 Å². The number of anilines is 1. The highest BCUT2D eigenvalue weighted by Crippen LogP contribution is 2.27. The molecule has 1 aromatic carbocycles. The van der Waals surface area contributed by atoms with Gasteiger partial charge in [0.2, 0.25) is 0 Å². The van der Waals surface area contributed by atoms with E-state index in [1.54, 1.807) is 11.9 Å². The van der Waals surface area contributed by atoms with Gasteiger partial charge in [-0.1, -0.05) is 0 Å². The Morgan fingerprint density at radius 2 is 1.84 bits per heavy atom. The maximum atomic E-state index is 12.4. The monoisotopic (exact) mass is 368 g/mol. The van der Waals surface area contributed by atoms with E-state index in [4.69, 9.17) is 14.6 Å². The molecule has 2 unspecified atom stereocenters. The van der Waals surface area contributed by atoms with Crippen molar-refractivity contribution in [3.05, 3.63) is 24.3 Å². The van der Waals surface area contributed by atoms with Crippen molar-refractivity contribution in [1.29, 1.82) is 0 Å². The number of aliphatic hydroxyl groups is 1. The van der Waals surface area contributed by atoms with Crippen LogP contribution < -0.4 is 4.90 Å². The summed E-state index contributed by atoms with van der Waals surface area (Å²) in [7, 11) is 0. The fourth-order valence-electron chi connectivity index (χ4n) is 2.69. The molecule has 0 aromatic heterocycles. The molecule has 0 saturated carbocycles. The molecule has 0 bridgehead atoms. The van der Waals surface area contributed by atoms with Crippen molar-refractivity contribution in [2.75, 3.05) is 44.4 Å². The van der Waals surface area contributed by atoms with E-state index < -0.39 is 24.1 Å². The molecule has 3 rings (SSSR count). The lowest BCUT2D eigenvalue weighted by molar-refractivity contribution is -0.163. The quantitative estimate of drug-likeness (QED) is 0.712. The smallest absolute Gasteiger partial charge is 0.335 e. The van der Waals surface area contributed by atoms with Gasteiger partial charge in [0.15, 0.2) is 12.2 Å². The van der Waals surface area contributed by atoms with Crippen molar-refractivity contribution in [1.82, 2.24) is 4.31 Å². The Hall–Kier alpha value is -1.65. The number of carbonyl (C=O) groups excluding carboxylic acids is 1. The maximum Gasteiger partial charge on any atom is 0.335 e. The van der Waals surface area contributed by atoms with E-state index in [9.17, 15) is 14.7 Å². The molecule has 2 aliphatic rings. The molecule has 2 fully saturated rings. The zero-order valence-corrected chi connectivity index (χ0v) is 14.4. The van der Waals surface area contributed by atoms with Crippen LogP contribution in [-0.2, 0) is 19.1 Å². The van der Waals surface area contributed by atoms with Gasteiger partial charge in [-0.3, -0.25) is 4.79 Å². The first-order chi connectivity index (χ1) is 12.1. The first-order valence-electron chi connectivity index (χ1n) is 8.01. The Bertz CT molecular complexity index is 620. The number of carbonyl (C=O) groups is 2. The molecule has 1 aromatic rings. The van der Waals surface area contributed by atoms with Gasteiger partial charge in [-0.25, -0.2) is 9.10 Å². The van der Waals surface area contributed by atoms with Crippen molar-refractivity contribution < 1.29 is 29.3 Å². The number of morpholine rings is 2. The van der Waals surface area contributed by atoms with Gasteiger partial charge in [-0.2, -0.15) is 0 Å². The lowest BCUT2D eigenvalue weighted by Crippen LogP contribution is -2.54. The Morgan fingerprint density at radius 3 is 2.48 bits per heavy atom. The molecular weight excluding hydrogens is 348 g/mol. The average molecular weight is 368 g/mol. The summed E-state index contributed by atoms with van der Waals surface area (Å²) in [6, 6.07) is 7.47. The summed E-state index contributed by atoms with van der Waals surface area (Å²) in [5, 5.41) is 18.5. The minimum absolute atomic E-state index is 0.172. The number of hydrogen-bond acceptors (Lipinski definition) is 7. The van der Waals surface area contributed by atoms with Gasteiger partial charge < -0.3 is 24.6 Å². The number of amides is 1. The van der Waals surface area contributed by atoms with E-state index in [0.717, 1.165) is 31.2 Å². The minimum atomic E-state index is -1.87. The van der Waals surface area contributed by atoms with E-state index >= 15 is 0 Å². The Kier molecular flexibility index (Phi) is 5.92. The summed E-state index contributed by atoms with van der Waals surface area (Å²) in [4.78, 5) is 25.8. The number of benzene rings is 1. The molecular formula is C16H20N2O6S. The highest BCUT2D eigenvalue weighted by molar-refractivity contribution is 7.97. The molecule has 25 heavy (non-hydrogen) atoms. The van der Waals surface area contributed by atoms with Crippen LogP contribution in [0.25, 0.3) is 0 Å². The van der Waals surface area contributed by atoms with Crippen molar-refractivity contribution in [2.24, 2.45) is 0 Å². The Morgan fingerprint density at radius 1 is 1.16 bits per heavy atom. The fraction of sp³-hybridized carbons (Fsp3) is 0.500. The van der Waals surface area contributed by atoms with Crippen molar-refractivity contribution in [3.63, 3.8) is 0 Å². The molecule has 8 nitrogen and oxygen atoms in total. The van der Waals surface area contributed by atoms with Crippen LogP contribution in [0.5, 0.6) is 0 Å². The van der Waals surface area contributed by atoms with E-state index in [0.29, 0.717) is 12.2 Å². The van der Waals surface area contributed by atoms with Gasteiger partial charge in [0.05, 0.1) is 19.8 Å². The standard InChI is InChI=1S/C16H20N2O6S/c19-13(16(21)22)14-15(20)18(7-10-24-14)11-1-3-12(4-2-11)25-17-5-8-23-9-6-17/h1-4,13-14,19H,5-10H2,(H,21,22). The van der Waals surface area contributed by atoms with Crippen LogP contribution in [0.1, 0.15) is 0 Å². The SMILES string of the molecule is O=C(O)C(O)C1OCCN(c2ccc(SN3CCOCC3)cc2)C1=O. The van der Waals surface area contributed by atoms with E-state index in [1.165, 1.54) is 4.90 Å². The average Bonchev–Trinajstić information content (AvgIpc) is 2.63. The summed E-state index contributed by atoms with van der Waals surface area (Å²) >= 11 is 1.64. The number of aliphatic carboxylic acids is 1. The predicted molar refractivity (Wildman–Crippen MR) is 90.4 cm³/mol. The summed E-state index contributed by atoms with van der Waals surface area (Å²) in [5.41, 5.74) is 0.655. The third-order valence-electron chi connectivity index (χ3n) is 4.01. The summed E-state index contributed by atoms with van der Waals surface area (Å²) < 4.78 is 12.7. The van der Waals surface area contributed by atoms with Crippen LogP contribution in [0.2, 0.25) is 0 Å². The highest BCUT2D eigenvalue weighted by Gasteiger charge is 2.39. The lowest BCUT2D eigenvalue weighted by atomic mass is 10.1. The summed E-state index contributed by atoms with van der Waals surface area (Å²) in [6.45, 7) is 3.66. The number of ether oxygens (including phenoxy) is 2. The second kappa shape index (κ2) is 8.15. The first-order valence-corrected chi connectivity index (χ1v) is 8.78. The molecule has 0 spiro atoms. The molecule has 0 aliphatic carbocycles. The molecule has 2 heterocycles. The third-order valence-corrected chi connectivity index (χ3v) is 5.12. The van der Waals surface area contributed by atoms with Gasteiger partial charge in [0, 0.05) is 30.2 Å². The van der Waals surface area contributed by atoms with Crippen molar-refractivity contribution in [2.45, 2.75) is 17.1 Å². The minimum Gasteiger partial charge on any atom is -0.479 e. The van der Waals surface area contributed by atoms with Gasteiger partial charge in [-0.05, 0) is 36.2 Å². The molecule has 2 N–H and O–H groups in total. The highest BCUT2D eigenvalue weighted by atomic mass is 32.2. The molecule has 2 aliphatic heterocycles. The van der Waals surface area contributed by atoms with Gasteiger partial charge in [0.25, 0.3) is 5.91 Å². The van der Waals surface area contributed by atoms with Crippen LogP contribution in [0.4, 0.5) is 5.69 Å². The summed E-state index contributed by atoms with van der Waals surface area (Å²) in [6.07, 6.45) is -3.25. The number of carboxylic acids is 1. The zero-order chi connectivity index (χ0) is 17.8. The van der Waals surface area contributed by atoms with E-state index in [-0.39, 0.29) is 6.61 Å². The van der Waals surface area contributed by atoms with Crippen molar-refractivity contribution in [3.8, 4) is 0 Å². The summed E-state index contributed by atoms with van der Waals surface area (Å²) in [5.74, 6) is -2.02. The molecule has 1 amide bonds. The van der Waals surface area contributed by atoms with Crippen LogP contribution >= 0.6 is 11.9 Å². The fourth-order valence-corrected chi connectivity index (χ4v) is 3.58. The Balaban J connectivity index is 1.66. The van der Waals surface area contributed by atoms with Crippen LogP contribution in [-0.4, -0.2) is 78.1 Å². The van der Waals surface area contributed by atoms with E-state index in [2.05, 4.69) is 4.31 Å². The van der Waals surface area contributed by atoms with Crippen LogP contribution in [0, 0.1) is 0 Å². The molecule has 9 heteroatoms. The molecule has 136 valence electrons. The van der Waals surface area contributed by atoms with Gasteiger partial charge in [0.1, 0.15) is 0 Å². The topological polar surface area (TPSA) is 99.5 Å². The van der Waals surface area contributed by atoms with Gasteiger partial charge in [-0.15, -0.1) is 0 Å². The largest absolute Gasteiger partial charge is 0.479 e.